The zero-order valence-corrected chi connectivity index (χ0v) is 16.5. The van der Waals surface area contributed by atoms with Crippen molar-refractivity contribution in [1.82, 2.24) is 14.5 Å². The molecule has 0 saturated carbocycles. The number of hydrogen-bond acceptors (Lipinski definition) is 7. The van der Waals surface area contributed by atoms with Crippen LogP contribution in [0.3, 0.4) is 0 Å². The Bertz CT molecular complexity index is 1170. The summed E-state index contributed by atoms with van der Waals surface area (Å²) in [7, 11) is 1.49. The molecule has 0 aliphatic rings. The quantitative estimate of drug-likeness (QED) is 0.639. The molecule has 3 heterocycles. The molecule has 3 rings (SSSR count). The molecule has 0 aromatic carbocycles. The van der Waals surface area contributed by atoms with Gasteiger partial charge in [-0.2, -0.15) is 0 Å². The van der Waals surface area contributed by atoms with E-state index in [1.54, 1.807) is 6.92 Å². The van der Waals surface area contributed by atoms with E-state index in [1.165, 1.54) is 31.1 Å². The normalized spacial score (nSPS) is 10.9. The van der Waals surface area contributed by atoms with E-state index in [9.17, 15) is 14.4 Å². The second-order valence-corrected chi connectivity index (χ2v) is 6.68. The van der Waals surface area contributed by atoms with Crippen LogP contribution in [-0.4, -0.2) is 33.0 Å². The van der Waals surface area contributed by atoms with Crippen LogP contribution in [-0.2, 0) is 16.6 Å². The highest BCUT2D eigenvalue weighted by atomic mass is 35.5. The minimum atomic E-state index is -0.886. The maximum Gasteiger partial charge on any atom is 0.343 e. The Morgan fingerprint density at radius 2 is 2.00 bits per heavy atom. The van der Waals surface area contributed by atoms with E-state index < -0.39 is 24.0 Å². The Hall–Kier alpha value is -2.91. The zero-order chi connectivity index (χ0) is 20.6. The molecule has 0 unspecified atom stereocenters. The van der Waals surface area contributed by atoms with Gasteiger partial charge >= 0.3 is 5.97 Å². The largest absolute Gasteiger partial charge is 0.452 e. The summed E-state index contributed by atoms with van der Waals surface area (Å²) in [5.41, 5.74) is 0.0277. The number of aromatic nitrogens is 3. The Labute approximate surface area is 168 Å². The zero-order valence-electron chi connectivity index (χ0n) is 15.0. The summed E-state index contributed by atoms with van der Waals surface area (Å²) in [6.45, 7) is 2.55. The van der Waals surface area contributed by atoms with Crippen molar-refractivity contribution in [1.29, 1.82) is 0 Å². The monoisotopic (exact) mass is 424 g/mol. The molecule has 1 N–H and O–H groups in total. The lowest BCUT2D eigenvalue weighted by Gasteiger charge is -2.09. The van der Waals surface area contributed by atoms with Crippen molar-refractivity contribution in [2.24, 2.45) is 7.05 Å². The second-order valence-electron chi connectivity index (χ2n) is 5.89. The molecule has 0 spiro atoms. The molecule has 28 heavy (non-hydrogen) atoms. The molecule has 0 atom stereocenters. The number of carbonyl (C=O) groups excluding carboxylic acids is 2. The van der Waals surface area contributed by atoms with Crippen LogP contribution in [0.15, 0.2) is 21.7 Å². The third-order valence-corrected chi connectivity index (χ3v) is 4.79. The fraction of sp³-hybridized carbons (Fsp3) is 0.235. The molecule has 9 nitrogen and oxygen atoms in total. The number of anilines is 1. The van der Waals surface area contributed by atoms with Crippen molar-refractivity contribution in [3.63, 3.8) is 0 Å². The van der Waals surface area contributed by atoms with Gasteiger partial charge in [0.1, 0.15) is 23.0 Å². The fourth-order valence-corrected chi connectivity index (χ4v) is 2.84. The highest BCUT2D eigenvalue weighted by Gasteiger charge is 2.24. The van der Waals surface area contributed by atoms with Gasteiger partial charge in [-0.25, -0.2) is 14.8 Å². The van der Waals surface area contributed by atoms with Gasteiger partial charge in [-0.3, -0.25) is 9.59 Å². The van der Waals surface area contributed by atoms with Crippen molar-refractivity contribution in [3.8, 4) is 0 Å². The average molecular weight is 425 g/mol. The molecule has 3 aromatic rings. The molecule has 1 amide bonds. The number of amides is 1. The second kappa shape index (κ2) is 7.61. The van der Waals surface area contributed by atoms with Crippen molar-refractivity contribution in [2.75, 3.05) is 11.9 Å². The standard InChI is InChI=1S/C17H14Cl2N4O5/c1-7-9(18)4-20-14(13(7)19)22-10(24)5-27-17(26)11-8(2)28-15-12(11)16(25)23(3)6-21-15/h4,6H,5H2,1-3H3,(H,20,22,24). The molecule has 0 saturated heterocycles. The van der Waals surface area contributed by atoms with Crippen LogP contribution < -0.4 is 10.9 Å². The van der Waals surface area contributed by atoms with E-state index in [-0.39, 0.29) is 33.3 Å². The van der Waals surface area contributed by atoms with Crippen LogP contribution in [0.25, 0.3) is 11.1 Å². The number of esters is 1. The maximum atomic E-state index is 12.4. The number of hydrogen-bond donors (Lipinski definition) is 1. The number of furan rings is 1. The number of fused-ring (bicyclic) bond motifs is 1. The molecule has 0 radical (unpaired) electrons. The van der Waals surface area contributed by atoms with Crippen LogP contribution in [0.2, 0.25) is 10.0 Å². The SMILES string of the molecule is Cc1oc2ncn(C)c(=O)c2c1C(=O)OCC(=O)Nc1ncc(Cl)c(C)c1Cl. The van der Waals surface area contributed by atoms with E-state index in [1.807, 2.05) is 0 Å². The van der Waals surface area contributed by atoms with Crippen LogP contribution >= 0.6 is 23.2 Å². The molecular formula is C17H14Cl2N4O5. The highest BCUT2D eigenvalue weighted by Crippen LogP contribution is 2.28. The molecule has 0 aliphatic carbocycles. The molecule has 0 aliphatic heterocycles. The lowest BCUT2D eigenvalue weighted by molar-refractivity contribution is -0.119. The van der Waals surface area contributed by atoms with Gasteiger partial charge in [0.25, 0.3) is 11.5 Å². The number of carbonyl (C=O) groups is 2. The predicted octanol–water partition coefficient (Wildman–Crippen LogP) is 2.64. The summed E-state index contributed by atoms with van der Waals surface area (Å²) in [4.78, 5) is 44.7. The van der Waals surface area contributed by atoms with Crippen LogP contribution in [0.1, 0.15) is 21.7 Å². The van der Waals surface area contributed by atoms with Gasteiger partial charge in [0, 0.05) is 13.2 Å². The van der Waals surface area contributed by atoms with Gasteiger partial charge in [-0.15, -0.1) is 0 Å². The topological polar surface area (TPSA) is 116 Å². The number of rotatable bonds is 4. The van der Waals surface area contributed by atoms with Gasteiger partial charge in [0.15, 0.2) is 12.4 Å². The average Bonchev–Trinajstić information content (AvgIpc) is 3.00. The van der Waals surface area contributed by atoms with Crippen molar-refractivity contribution >= 4 is 52.0 Å². The number of aryl methyl sites for hydroxylation is 2. The Kier molecular flexibility index (Phi) is 5.39. The summed E-state index contributed by atoms with van der Waals surface area (Å²) in [5.74, 6) is -1.30. The van der Waals surface area contributed by atoms with Gasteiger partial charge < -0.3 is 19.0 Å². The van der Waals surface area contributed by atoms with E-state index in [4.69, 9.17) is 32.4 Å². The van der Waals surface area contributed by atoms with E-state index in [2.05, 4.69) is 15.3 Å². The molecule has 3 aromatic heterocycles. The first kappa shape index (κ1) is 19.8. The molecule has 11 heteroatoms. The minimum Gasteiger partial charge on any atom is -0.452 e. The lowest BCUT2D eigenvalue weighted by atomic mass is 10.2. The van der Waals surface area contributed by atoms with Crippen LogP contribution in [0.4, 0.5) is 5.82 Å². The number of pyridine rings is 1. The Morgan fingerprint density at radius 1 is 1.29 bits per heavy atom. The Balaban J connectivity index is 1.76. The van der Waals surface area contributed by atoms with Crippen molar-refractivity contribution in [2.45, 2.75) is 13.8 Å². The summed E-state index contributed by atoms with van der Waals surface area (Å²) in [5, 5.41) is 2.96. The lowest BCUT2D eigenvalue weighted by Crippen LogP contribution is -2.23. The third kappa shape index (κ3) is 3.58. The number of nitrogens with one attached hydrogen (secondary N) is 1. The summed E-state index contributed by atoms with van der Waals surface area (Å²) < 4.78 is 11.6. The first-order chi connectivity index (χ1) is 13.2. The molecule has 146 valence electrons. The fourth-order valence-electron chi connectivity index (χ4n) is 2.45. The smallest absolute Gasteiger partial charge is 0.343 e. The first-order valence-corrected chi connectivity index (χ1v) is 8.68. The molecule has 0 bridgehead atoms. The number of halogens is 2. The van der Waals surface area contributed by atoms with Crippen molar-refractivity contribution < 1.29 is 18.7 Å². The molecule has 0 fully saturated rings. The van der Waals surface area contributed by atoms with E-state index in [0.29, 0.717) is 10.6 Å². The van der Waals surface area contributed by atoms with Gasteiger partial charge in [0.2, 0.25) is 5.71 Å². The van der Waals surface area contributed by atoms with Gasteiger partial charge in [-0.1, -0.05) is 23.2 Å². The van der Waals surface area contributed by atoms with Crippen LogP contribution in [0, 0.1) is 13.8 Å². The predicted molar refractivity (Wildman–Crippen MR) is 102 cm³/mol. The maximum absolute atomic E-state index is 12.4. The van der Waals surface area contributed by atoms with Gasteiger partial charge in [-0.05, 0) is 19.4 Å². The number of nitrogens with zero attached hydrogens (tertiary/aromatic N) is 3. The molecular weight excluding hydrogens is 411 g/mol. The third-order valence-electron chi connectivity index (χ3n) is 3.95. The number of ether oxygens (including phenoxy) is 1. The minimum absolute atomic E-state index is 0.00838. The highest BCUT2D eigenvalue weighted by molar-refractivity contribution is 6.37. The summed E-state index contributed by atoms with van der Waals surface area (Å²) in [6.07, 6.45) is 2.62. The van der Waals surface area contributed by atoms with Crippen LogP contribution in [0.5, 0.6) is 0 Å². The summed E-state index contributed by atoms with van der Waals surface area (Å²) >= 11 is 12.0. The summed E-state index contributed by atoms with van der Waals surface area (Å²) in [6, 6.07) is 0. The van der Waals surface area contributed by atoms with E-state index >= 15 is 0 Å². The first-order valence-electron chi connectivity index (χ1n) is 7.93. The Morgan fingerprint density at radius 3 is 2.71 bits per heavy atom. The van der Waals surface area contributed by atoms with E-state index in [0.717, 1.165) is 0 Å². The van der Waals surface area contributed by atoms with Crippen molar-refractivity contribution in [3.05, 3.63) is 49.8 Å². The van der Waals surface area contributed by atoms with Gasteiger partial charge in [0.05, 0.1) is 10.0 Å².